The van der Waals surface area contributed by atoms with Gasteiger partial charge in [-0.1, -0.05) is 49.4 Å². The molecule has 2 aliphatic rings. The molecule has 9 heteroatoms. The lowest BCUT2D eigenvalue weighted by Crippen LogP contribution is -2.48. The van der Waals surface area contributed by atoms with Gasteiger partial charge in [-0.2, -0.15) is 0 Å². The molecule has 4 rings (SSSR count). The van der Waals surface area contributed by atoms with E-state index in [-0.39, 0.29) is 55.1 Å². The van der Waals surface area contributed by atoms with Gasteiger partial charge in [-0.15, -0.1) is 0 Å². The molecule has 0 radical (unpaired) electrons. The maximum absolute atomic E-state index is 13.4. The molecule has 2 heterocycles. The summed E-state index contributed by atoms with van der Waals surface area (Å²) in [4.78, 5) is 40.3. The summed E-state index contributed by atoms with van der Waals surface area (Å²) in [5, 5.41) is 12.7. The van der Waals surface area contributed by atoms with Crippen molar-refractivity contribution in [3.8, 4) is 0 Å². The van der Waals surface area contributed by atoms with Crippen LogP contribution < -0.4 is 10.2 Å². The van der Waals surface area contributed by atoms with E-state index >= 15 is 0 Å². The number of anilines is 1. The number of benzene rings is 2. The highest BCUT2D eigenvalue weighted by Gasteiger charge is 2.50. The Bertz CT molecular complexity index is 1090. The minimum absolute atomic E-state index is 0.0541. The van der Waals surface area contributed by atoms with Crippen LogP contribution in [0, 0.1) is 5.92 Å². The van der Waals surface area contributed by atoms with Crippen molar-refractivity contribution >= 4 is 25.8 Å². The number of hydrogen-bond donors (Lipinski definition) is 3. The van der Waals surface area contributed by atoms with E-state index in [1.807, 2.05) is 60.5 Å². The molecule has 0 spiro atoms. The fourth-order valence-electron chi connectivity index (χ4n) is 6.16. The quantitative estimate of drug-likeness (QED) is 0.370. The van der Waals surface area contributed by atoms with Gasteiger partial charge in [0.25, 0.3) is 0 Å². The second-order valence-corrected chi connectivity index (χ2v) is 15.4. The van der Waals surface area contributed by atoms with E-state index in [4.69, 9.17) is 4.74 Å². The Labute approximate surface area is 233 Å². The molecule has 2 aromatic carbocycles. The molecule has 2 saturated heterocycles. The van der Waals surface area contributed by atoms with Gasteiger partial charge in [-0.05, 0) is 55.1 Å². The lowest BCUT2D eigenvalue weighted by atomic mass is 9.95. The van der Waals surface area contributed by atoms with Crippen molar-refractivity contribution in [3.05, 3.63) is 65.7 Å². The van der Waals surface area contributed by atoms with Crippen molar-refractivity contribution in [1.29, 1.82) is 0 Å². The summed E-state index contributed by atoms with van der Waals surface area (Å²) < 4.78 is 6.52. The first-order chi connectivity index (χ1) is 18.7. The van der Waals surface area contributed by atoms with Crippen LogP contribution >= 0.6 is 0 Å². The van der Waals surface area contributed by atoms with Gasteiger partial charge < -0.3 is 29.8 Å². The number of aliphatic hydroxyl groups excluding tert-OH is 1. The van der Waals surface area contributed by atoms with E-state index in [0.717, 1.165) is 30.6 Å². The molecule has 0 aliphatic carbocycles. The van der Waals surface area contributed by atoms with Crippen molar-refractivity contribution in [3.63, 3.8) is 0 Å². The van der Waals surface area contributed by atoms with Gasteiger partial charge in [-0.25, -0.2) is 0 Å². The van der Waals surface area contributed by atoms with Crippen LogP contribution in [-0.2, 0) is 27.3 Å². The van der Waals surface area contributed by atoms with Crippen LogP contribution in [0.3, 0.4) is 0 Å². The van der Waals surface area contributed by atoms with Crippen molar-refractivity contribution in [2.24, 2.45) is 5.92 Å². The zero-order valence-electron chi connectivity index (χ0n) is 23.4. The first-order valence-electron chi connectivity index (χ1n) is 14.1. The maximum atomic E-state index is 13.4. The number of nitrogens with one attached hydrogen (secondary N) is 1. The number of amides is 2. The highest BCUT2D eigenvalue weighted by Crippen LogP contribution is 2.45. The fourth-order valence-corrected chi connectivity index (χ4v) is 8.76. The summed E-state index contributed by atoms with van der Waals surface area (Å²) >= 11 is 0. The van der Waals surface area contributed by atoms with Gasteiger partial charge in [-0.3, -0.25) is 9.59 Å². The van der Waals surface area contributed by atoms with Crippen molar-refractivity contribution < 1.29 is 24.2 Å². The summed E-state index contributed by atoms with van der Waals surface area (Å²) in [6, 6.07) is 17.9. The molecular formula is C30H43N3O5Si. The molecule has 0 aromatic heterocycles. The number of ether oxygens (including phenoxy) is 1. The smallest absolute Gasteiger partial charge is 0.240 e. The molecule has 0 saturated carbocycles. The van der Waals surface area contributed by atoms with E-state index in [2.05, 4.69) is 24.4 Å². The molecule has 2 amide bonds. The van der Waals surface area contributed by atoms with Crippen LogP contribution in [0.5, 0.6) is 0 Å². The number of carbonyl (C=O) groups excluding carboxylic acids is 2. The number of aryl methyl sites for hydroxylation is 1. The molecule has 8 nitrogen and oxygen atoms in total. The summed E-state index contributed by atoms with van der Waals surface area (Å²) in [6.07, 6.45) is 1.41. The fraction of sp³-hybridized carbons (Fsp3) is 0.533. The molecule has 4 atom stereocenters. The molecule has 2 fully saturated rings. The van der Waals surface area contributed by atoms with Crippen LogP contribution in [0.4, 0.5) is 5.69 Å². The number of hydrogen-bond acceptors (Lipinski definition) is 6. The second kappa shape index (κ2) is 13.2. The molecule has 212 valence electrons. The van der Waals surface area contributed by atoms with Gasteiger partial charge in [0, 0.05) is 37.4 Å². The number of nitrogens with zero attached hydrogens (tertiary/aromatic N) is 2. The predicted molar refractivity (Wildman–Crippen MR) is 155 cm³/mol. The normalized spacial score (nSPS) is 23.7. The summed E-state index contributed by atoms with van der Waals surface area (Å²) in [5.41, 5.74) is 3.05. The average Bonchev–Trinajstić information content (AvgIpc) is 3.23. The Morgan fingerprint density at radius 1 is 1.10 bits per heavy atom. The van der Waals surface area contributed by atoms with E-state index in [1.165, 1.54) is 5.56 Å². The first kappa shape index (κ1) is 29.4. The van der Waals surface area contributed by atoms with E-state index < -0.39 is 8.32 Å². The molecular weight excluding hydrogens is 510 g/mol. The Morgan fingerprint density at radius 3 is 2.46 bits per heavy atom. The second-order valence-electron chi connectivity index (χ2n) is 11.4. The third kappa shape index (κ3) is 7.55. The van der Waals surface area contributed by atoms with Gasteiger partial charge in [0.05, 0.1) is 31.8 Å². The molecule has 39 heavy (non-hydrogen) atoms. The van der Waals surface area contributed by atoms with Crippen molar-refractivity contribution in [2.75, 3.05) is 37.7 Å². The lowest BCUT2D eigenvalue weighted by molar-refractivity contribution is -0.135. The Hall–Kier alpha value is -2.56. The topological polar surface area (TPSA) is 102 Å². The maximum Gasteiger partial charge on any atom is 0.240 e. The number of piperazine rings is 1. The summed E-state index contributed by atoms with van der Waals surface area (Å²) in [7, 11) is -2.62. The van der Waals surface area contributed by atoms with E-state index in [1.54, 1.807) is 4.90 Å². The Balaban J connectivity index is 1.39. The summed E-state index contributed by atoms with van der Waals surface area (Å²) in [6.45, 7) is 8.45. The largest absolute Gasteiger partial charge is 0.432 e. The lowest BCUT2D eigenvalue weighted by Gasteiger charge is -2.31. The van der Waals surface area contributed by atoms with E-state index in [9.17, 15) is 19.5 Å². The van der Waals surface area contributed by atoms with Gasteiger partial charge in [0.15, 0.2) is 8.32 Å². The first-order valence-corrected chi connectivity index (χ1v) is 17.1. The molecule has 2 aliphatic heterocycles. The SMILES string of the molecule is C[C@H]1[C@H]([Si](C)(C)O)[C@@H](CC(=O)N(CCO)Cc2ccccc2)O[C@H]1CCc1ccc(N2CCNCC2=O)cc1. The van der Waals surface area contributed by atoms with Gasteiger partial charge >= 0.3 is 0 Å². The number of rotatable bonds is 11. The number of aliphatic hydroxyl groups is 1. The zero-order valence-corrected chi connectivity index (χ0v) is 24.4. The Kier molecular flexibility index (Phi) is 9.95. The number of carbonyl (C=O) groups is 2. The highest BCUT2D eigenvalue weighted by molar-refractivity contribution is 6.71. The van der Waals surface area contributed by atoms with Crippen molar-refractivity contribution in [1.82, 2.24) is 10.2 Å². The monoisotopic (exact) mass is 553 g/mol. The third-order valence-electron chi connectivity index (χ3n) is 8.09. The standard InChI is InChI=1S/C30H43N3O5Si/c1-22-26(14-11-23-9-12-25(13-10-23)33-16-15-31-20-29(33)36)38-27(30(22)39(2,3)37)19-28(35)32(17-18-34)21-24-7-5-4-6-8-24/h4-10,12-13,22,26-27,30-31,34,37H,11,14-21H2,1-3H3/t22-,26+,27-,30+/m1/s1. The van der Waals surface area contributed by atoms with Crippen LogP contribution in [0.1, 0.15) is 30.9 Å². The highest BCUT2D eigenvalue weighted by atomic mass is 28.4. The average molecular weight is 554 g/mol. The van der Waals surface area contributed by atoms with Gasteiger partial charge in [0.2, 0.25) is 11.8 Å². The molecule has 0 bridgehead atoms. The molecule has 0 unspecified atom stereocenters. The van der Waals surface area contributed by atoms with Crippen LogP contribution in [0.25, 0.3) is 0 Å². The zero-order chi connectivity index (χ0) is 28.0. The van der Waals surface area contributed by atoms with E-state index in [0.29, 0.717) is 19.6 Å². The Morgan fingerprint density at radius 2 is 1.82 bits per heavy atom. The van der Waals surface area contributed by atoms with Gasteiger partial charge in [0.1, 0.15) is 0 Å². The van der Waals surface area contributed by atoms with Crippen LogP contribution in [0.15, 0.2) is 54.6 Å². The predicted octanol–water partition coefficient (Wildman–Crippen LogP) is 2.94. The minimum Gasteiger partial charge on any atom is -0.432 e. The van der Waals surface area contributed by atoms with Crippen LogP contribution in [-0.4, -0.2) is 79.9 Å². The molecule has 2 aromatic rings. The van der Waals surface area contributed by atoms with Crippen molar-refractivity contribution in [2.45, 2.75) is 63.6 Å². The third-order valence-corrected chi connectivity index (χ3v) is 10.6. The minimum atomic E-state index is -2.62. The van der Waals surface area contributed by atoms with Crippen LogP contribution in [0.2, 0.25) is 18.6 Å². The molecule has 3 N–H and O–H groups in total. The summed E-state index contributed by atoms with van der Waals surface area (Å²) in [5.74, 6) is 0.158.